The molecular formula is C24H38IN5O3. The zero-order valence-corrected chi connectivity index (χ0v) is 22.1. The lowest BCUT2D eigenvalue weighted by Gasteiger charge is -2.35. The van der Waals surface area contributed by atoms with Crippen LogP contribution >= 0.6 is 24.0 Å². The van der Waals surface area contributed by atoms with E-state index < -0.39 is 0 Å². The summed E-state index contributed by atoms with van der Waals surface area (Å²) < 4.78 is 11.3. The molecule has 2 unspecified atom stereocenters. The highest BCUT2D eigenvalue weighted by atomic mass is 127. The molecule has 3 heterocycles. The van der Waals surface area contributed by atoms with Crippen molar-refractivity contribution in [2.24, 2.45) is 10.9 Å². The Hall–Kier alpha value is -1.59. The molecule has 3 aliphatic rings. The second-order valence-corrected chi connectivity index (χ2v) is 9.27. The number of benzene rings is 1. The first kappa shape index (κ1) is 26.0. The van der Waals surface area contributed by atoms with Crippen LogP contribution in [-0.4, -0.2) is 87.8 Å². The van der Waals surface area contributed by atoms with E-state index in [1.54, 1.807) is 19.0 Å². The van der Waals surface area contributed by atoms with Crippen molar-refractivity contribution in [1.29, 1.82) is 0 Å². The van der Waals surface area contributed by atoms with Crippen LogP contribution in [0.3, 0.4) is 0 Å². The number of para-hydroxylation sites is 1. The molecule has 8 nitrogen and oxygen atoms in total. The van der Waals surface area contributed by atoms with Gasteiger partial charge >= 0.3 is 0 Å². The van der Waals surface area contributed by atoms with Crippen LogP contribution in [0.25, 0.3) is 0 Å². The van der Waals surface area contributed by atoms with Gasteiger partial charge in [0.2, 0.25) is 5.91 Å². The predicted molar refractivity (Wildman–Crippen MR) is 140 cm³/mol. The number of aliphatic imine (C=N–C) groups is 1. The lowest BCUT2D eigenvalue weighted by atomic mass is 10.0. The number of fused-ring (bicyclic) bond motifs is 1. The molecule has 0 bridgehead atoms. The average molecular weight is 572 g/mol. The van der Waals surface area contributed by atoms with Gasteiger partial charge in [-0.2, -0.15) is 0 Å². The molecule has 9 heteroatoms. The van der Waals surface area contributed by atoms with Gasteiger partial charge in [-0.25, -0.2) is 4.99 Å². The smallest absolute Gasteiger partial charge is 0.243 e. The number of rotatable bonds is 6. The second kappa shape index (κ2) is 12.8. The number of hydrogen-bond donors (Lipinski definition) is 2. The number of amides is 1. The van der Waals surface area contributed by atoms with E-state index >= 15 is 0 Å². The van der Waals surface area contributed by atoms with Gasteiger partial charge in [0.05, 0.1) is 19.3 Å². The molecule has 1 aromatic rings. The predicted octanol–water partition coefficient (Wildman–Crippen LogP) is 2.25. The van der Waals surface area contributed by atoms with Crippen LogP contribution in [0.1, 0.15) is 37.3 Å². The second-order valence-electron chi connectivity index (χ2n) is 9.27. The molecule has 2 atom stereocenters. The highest BCUT2D eigenvalue weighted by Crippen LogP contribution is 2.31. The number of carbonyl (C=O) groups excluding carboxylic acids is 1. The van der Waals surface area contributed by atoms with Gasteiger partial charge in [-0.3, -0.25) is 4.79 Å². The molecule has 3 aliphatic heterocycles. The molecule has 0 aromatic heterocycles. The quantitative estimate of drug-likeness (QED) is 0.310. The average Bonchev–Trinajstić information content (AvgIpc) is 3.32. The Morgan fingerprint density at radius 3 is 2.64 bits per heavy atom. The molecule has 2 N–H and O–H groups in total. The van der Waals surface area contributed by atoms with E-state index in [2.05, 4.69) is 26.6 Å². The molecule has 1 aromatic carbocycles. The van der Waals surface area contributed by atoms with Crippen molar-refractivity contribution in [3.63, 3.8) is 0 Å². The van der Waals surface area contributed by atoms with Crippen molar-refractivity contribution in [3.05, 3.63) is 29.8 Å². The first-order chi connectivity index (χ1) is 15.6. The van der Waals surface area contributed by atoms with Crippen molar-refractivity contribution in [1.82, 2.24) is 20.4 Å². The number of piperidine rings is 1. The Labute approximate surface area is 214 Å². The van der Waals surface area contributed by atoms with Gasteiger partial charge in [0.1, 0.15) is 12.3 Å². The molecule has 0 saturated carbocycles. The Morgan fingerprint density at radius 2 is 1.91 bits per heavy atom. The van der Waals surface area contributed by atoms with Crippen LogP contribution in [0.15, 0.2) is 29.3 Å². The van der Waals surface area contributed by atoms with Crippen molar-refractivity contribution in [3.8, 4) is 5.75 Å². The Balaban J connectivity index is 0.00000306. The van der Waals surface area contributed by atoms with E-state index in [0.717, 1.165) is 63.4 Å². The summed E-state index contributed by atoms with van der Waals surface area (Å²) in [6.45, 7) is 5.93. The molecule has 4 rings (SSSR count). The molecule has 0 radical (unpaired) electrons. The third-order valence-corrected chi connectivity index (χ3v) is 6.61. The number of carbonyl (C=O) groups is 1. The number of likely N-dealkylation sites (tertiary alicyclic amines) is 1. The molecule has 184 valence electrons. The summed E-state index contributed by atoms with van der Waals surface area (Å²) in [5.41, 5.74) is 1.14. The fraction of sp³-hybridized carbons (Fsp3) is 0.667. The maximum absolute atomic E-state index is 12.2. The SMILES string of the molecule is CN(C)C(=O)CN=C(NC1CCN(CC2CCOC2)CC1)NC1CCOc2ccccc21.I. The maximum Gasteiger partial charge on any atom is 0.243 e. The molecule has 0 aliphatic carbocycles. The van der Waals surface area contributed by atoms with Gasteiger partial charge in [0.15, 0.2) is 5.96 Å². The Morgan fingerprint density at radius 1 is 1.12 bits per heavy atom. The van der Waals surface area contributed by atoms with E-state index in [1.165, 1.54) is 6.42 Å². The lowest BCUT2D eigenvalue weighted by molar-refractivity contribution is -0.127. The lowest BCUT2D eigenvalue weighted by Crippen LogP contribution is -2.50. The Bertz CT molecular complexity index is 792. The number of nitrogens with one attached hydrogen (secondary N) is 2. The number of halogens is 1. The monoisotopic (exact) mass is 571 g/mol. The molecule has 1 amide bonds. The van der Waals surface area contributed by atoms with Crippen LogP contribution in [0.2, 0.25) is 0 Å². The molecule has 33 heavy (non-hydrogen) atoms. The van der Waals surface area contributed by atoms with Gasteiger partial charge in [-0.05, 0) is 31.2 Å². The topological polar surface area (TPSA) is 78.4 Å². The first-order valence-electron chi connectivity index (χ1n) is 11.9. The van der Waals surface area contributed by atoms with E-state index in [0.29, 0.717) is 24.5 Å². The largest absolute Gasteiger partial charge is 0.493 e. The summed E-state index contributed by atoms with van der Waals surface area (Å²) in [5, 5.41) is 7.20. The summed E-state index contributed by atoms with van der Waals surface area (Å²) in [4.78, 5) is 20.9. The van der Waals surface area contributed by atoms with E-state index in [1.807, 2.05) is 18.2 Å². The van der Waals surface area contributed by atoms with Gasteiger partial charge in [-0.15, -0.1) is 24.0 Å². The maximum atomic E-state index is 12.2. The fourth-order valence-corrected chi connectivity index (χ4v) is 4.62. The van der Waals surface area contributed by atoms with E-state index in [9.17, 15) is 4.79 Å². The summed E-state index contributed by atoms with van der Waals surface area (Å²) in [5.74, 6) is 2.31. The molecule has 2 saturated heterocycles. The van der Waals surface area contributed by atoms with Crippen LogP contribution in [0, 0.1) is 5.92 Å². The van der Waals surface area contributed by atoms with Crippen LogP contribution in [0.4, 0.5) is 0 Å². The zero-order valence-electron chi connectivity index (χ0n) is 19.8. The number of guanidine groups is 1. The Kier molecular flexibility index (Phi) is 10.1. The van der Waals surface area contributed by atoms with Gasteiger partial charge in [0.25, 0.3) is 0 Å². The minimum absolute atomic E-state index is 0. The van der Waals surface area contributed by atoms with Crippen molar-refractivity contribution in [2.45, 2.75) is 37.8 Å². The minimum Gasteiger partial charge on any atom is -0.493 e. The van der Waals surface area contributed by atoms with Crippen molar-refractivity contribution < 1.29 is 14.3 Å². The van der Waals surface area contributed by atoms with Gasteiger partial charge in [-0.1, -0.05) is 18.2 Å². The van der Waals surface area contributed by atoms with Crippen molar-refractivity contribution >= 4 is 35.8 Å². The number of likely N-dealkylation sites (N-methyl/N-ethyl adjacent to an activating group) is 1. The van der Waals surface area contributed by atoms with Crippen molar-refractivity contribution in [2.75, 3.05) is 60.1 Å². The zero-order chi connectivity index (χ0) is 22.3. The highest BCUT2D eigenvalue weighted by Gasteiger charge is 2.26. The summed E-state index contributed by atoms with van der Waals surface area (Å²) >= 11 is 0. The third-order valence-electron chi connectivity index (χ3n) is 6.61. The highest BCUT2D eigenvalue weighted by molar-refractivity contribution is 14.0. The number of hydrogen-bond acceptors (Lipinski definition) is 5. The normalized spacial score (nSPS) is 23.8. The molecular weight excluding hydrogens is 533 g/mol. The number of nitrogens with zero attached hydrogens (tertiary/aromatic N) is 3. The standard InChI is InChI=1S/C24H37N5O3.HI/c1-28(2)23(30)15-25-24(27-21-10-14-32-22-6-4-3-5-20(21)22)26-19-7-11-29(12-8-19)16-18-9-13-31-17-18;/h3-6,18-19,21H,7-17H2,1-2H3,(H2,25,26,27);1H. The van der Waals surface area contributed by atoms with E-state index in [-0.39, 0.29) is 42.5 Å². The van der Waals surface area contributed by atoms with Crippen LogP contribution in [-0.2, 0) is 9.53 Å². The van der Waals surface area contributed by atoms with Gasteiger partial charge < -0.3 is 29.9 Å². The minimum atomic E-state index is -0.00733. The summed E-state index contributed by atoms with van der Waals surface area (Å²) in [7, 11) is 3.52. The summed E-state index contributed by atoms with van der Waals surface area (Å²) in [6.07, 6.45) is 4.19. The molecule has 0 spiro atoms. The van der Waals surface area contributed by atoms with E-state index in [4.69, 9.17) is 9.47 Å². The summed E-state index contributed by atoms with van der Waals surface area (Å²) in [6, 6.07) is 8.60. The third kappa shape index (κ3) is 7.45. The fourth-order valence-electron chi connectivity index (χ4n) is 4.62. The molecule has 2 fully saturated rings. The van der Waals surface area contributed by atoms with Gasteiger partial charge in [0, 0.05) is 58.4 Å². The first-order valence-corrected chi connectivity index (χ1v) is 11.9. The number of ether oxygens (including phenoxy) is 2. The van der Waals surface area contributed by atoms with Crippen LogP contribution < -0.4 is 15.4 Å². The van der Waals surface area contributed by atoms with Crippen LogP contribution in [0.5, 0.6) is 5.75 Å².